The highest BCUT2D eigenvalue weighted by Crippen LogP contribution is 2.43. The number of hydrogen-bond donors (Lipinski definition) is 2. The fourth-order valence-corrected chi connectivity index (χ4v) is 5.03. The number of aromatic nitrogens is 2. The second-order valence-electron chi connectivity index (χ2n) is 8.22. The van der Waals surface area contributed by atoms with Crippen molar-refractivity contribution in [2.75, 3.05) is 13.1 Å². The quantitative estimate of drug-likeness (QED) is 0.726. The number of nitrogens with zero attached hydrogens (tertiary/aromatic N) is 2. The number of fused-ring (bicyclic) bond motifs is 2. The number of dihydropyridines is 1. The molecule has 0 bridgehead atoms. The highest BCUT2D eigenvalue weighted by atomic mass is 35.5. The molecular weight excluding hydrogens is 392 g/mol. The van der Waals surface area contributed by atoms with Gasteiger partial charge < -0.3 is 15.2 Å². The molecule has 5 rings (SSSR count). The third-order valence-electron chi connectivity index (χ3n) is 6.40. The van der Waals surface area contributed by atoms with Crippen molar-refractivity contribution >= 4 is 23.3 Å². The van der Waals surface area contributed by atoms with Crippen molar-refractivity contribution in [3.63, 3.8) is 0 Å². The lowest BCUT2D eigenvalue weighted by molar-refractivity contribution is 0.445. The van der Waals surface area contributed by atoms with Gasteiger partial charge in [-0.1, -0.05) is 29.8 Å². The van der Waals surface area contributed by atoms with Crippen LogP contribution < -0.4 is 10.6 Å². The summed E-state index contributed by atoms with van der Waals surface area (Å²) in [7, 11) is 0. The first-order valence-electron chi connectivity index (χ1n) is 10.8. The third kappa shape index (κ3) is 3.66. The minimum Gasteiger partial charge on any atom is -0.361 e. The molecule has 5 heteroatoms. The molecule has 0 saturated carbocycles. The zero-order valence-corrected chi connectivity index (χ0v) is 18.0. The van der Waals surface area contributed by atoms with Gasteiger partial charge in [-0.25, -0.2) is 4.98 Å². The molecule has 1 aromatic carbocycles. The number of imidazole rings is 1. The molecule has 2 aliphatic heterocycles. The van der Waals surface area contributed by atoms with Crippen LogP contribution in [0.2, 0.25) is 5.02 Å². The summed E-state index contributed by atoms with van der Waals surface area (Å²) in [5.41, 5.74) is 7.86. The Morgan fingerprint density at radius 1 is 1.23 bits per heavy atom. The maximum Gasteiger partial charge on any atom is 0.105 e. The largest absolute Gasteiger partial charge is 0.361 e. The van der Waals surface area contributed by atoms with Crippen LogP contribution in [0.3, 0.4) is 0 Å². The summed E-state index contributed by atoms with van der Waals surface area (Å²) in [6.45, 7) is 5.10. The Balaban J connectivity index is 1.62. The molecule has 0 unspecified atom stereocenters. The SMILES string of the molecule is Cc1nccn1CCC1=Cc2cc(Cl)ccc2C(C2CCNCC2)=C2NC=CC=C12. The molecular formula is C25H27ClN4. The zero-order valence-electron chi connectivity index (χ0n) is 17.3. The summed E-state index contributed by atoms with van der Waals surface area (Å²) < 4.78 is 2.22. The first kappa shape index (κ1) is 19.4. The highest BCUT2D eigenvalue weighted by molar-refractivity contribution is 6.30. The number of nitrogens with one attached hydrogen (secondary N) is 2. The van der Waals surface area contributed by atoms with E-state index in [1.807, 2.05) is 12.3 Å². The van der Waals surface area contributed by atoms with Crippen molar-refractivity contribution in [2.24, 2.45) is 5.92 Å². The van der Waals surface area contributed by atoms with Crippen molar-refractivity contribution in [3.05, 3.63) is 87.8 Å². The van der Waals surface area contributed by atoms with E-state index in [4.69, 9.17) is 11.6 Å². The van der Waals surface area contributed by atoms with Gasteiger partial charge in [0, 0.05) is 41.4 Å². The Hall–Kier alpha value is -2.56. The molecule has 2 N–H and O–H groups in total. The van der Waals surface area contributed by atoms with Crippen LogP contribution in [0.1, 0.15) is 36.2 Å². The molecule has 3 heterocycles. The van der Waals surface area contributed by atoms with Crippen LogP contribution in [0.25, 0.3) is 11.6 Å². The van der Waals surface area contributed by atoms with Crippen LogP contribution in [-0.2, 0) is 6.54 Å². The number of piperidine rings is 1. The predicted molar refractivity (Wildman–Crippen MR) is 124 cm³/mol. The molecule has 1 fully saturated rings. The molecule has 30 heavy (non-hydrogen) atoms. The van der Waals surface area contributed by atoms with Gasteiger partial charge in [0.2, 0.25) is 0 Å². The van der Waals surface area contributed by atoms with E-state index in [1.54, 1.807) is 0 Å². The predicted octanol–water partition coefficient (Wildman–Crippen LogP) is 5.09. The van der Waals surface area contributed by atoms with Crippen LogP contribution in [0.15, 0.2) is 65.8 Å². The molecule has 4 nitrogen and oxygen atoms in total. The average molecular weight is 419 g/mol. The fourth-order valence-electron chi connectivity index (χ4n) is 4.85. The van der Waals surface area contributed by atoms with Crippen LogP contribution in [0.4, 0.5) is 0 Å². The van der Waals surface area contributed by atoms with Gasteiger partial charge >= 0.3 is 0 Å². The second-order valence-corrected chi connectivity index (χ2v) is 8.65. The lowest BCUT2D eigenvalue weighted by Gasteiger charge is -2.29. The van der Waals surface area contributed by atoms with Gasteiger partial charge in [0.25, 0.3) is 0 Å². The van der Waals surface area contributed by atoms with Gasteiger partial charge in [0.1, 0.15) is 5.82 Å². The standard InChI is InChI=1S/C25H27ClN4/c1-17-28-12-14-30(17)13-8-19-15-20-16-21(26)4-5-22(20)24(18-6-10-27-11-7-18)25-23(19)3-2-9-29-25/h2-5,9,12,14-16,18,27,29H,6-8,10-11,13H2,1H3. The van der Waals surface area contributed by atoms with E-state index in [-0.39, 0.29) is 0 Å². The molecule has 3 aliphatic rings. The zero-order chi connectivity index (χ0) is 20.5. The molecule has 154 valence electrons. The summed E-state index contributed by atoms with van der Waals surface area (Å²) in [6, 6.07) is 6.35. The van der Waals surface area contributed by atoms with Gasteiger partial charge in [0.15, 0.2) is 0 Å². The smallest absolute Gasteiger partial charge is 0.105 e. The fraction of sp³-hybridized carbons (Fsp3) is 0.320. The minimum atomic E-state index is 0.534. The van der Waals surface area contributed by atoms with Crippen LogP contribution in [0.5, 0.6) is 0 Å². The van der Waals surface area contributed by atoms with Gasteiger partial charge in [0.05, 0.1) is 0 Å². The van der Waals surface area contributed by atoms with E-state index in [0.717, 1.165) is 49.7 Å². The van der Waals surface area contributed by atoms with Crippen LogP contribution in [-0.4, -0.2) is 22.6 Å². The van der Waals surface area contributed by atoms with Crippen molar-refractivity contribution < 1.29 is 0 Å². The second kappa shape index (κ2) is 8.29. The van der Waals surface area contributed by atoms with E-state index < -0.39 is 0 Å². The van der Waals surface area contributed by atoms with Crippen molar-refractivity contribution in [1.29, 1.82) is 0 Å². The maximum atomic E-state index is 6.43. The third-order valence-corrected chi connectivity index (χ3v) is 6.63. The summed E-state index contributed by atoms with van der Waals surface area (Å²) in [6.07, 6.45) is 15.9. The Morgan fingerprint density at radius 3 is 2.90 bits per heavy atom. The molecule has 0 radical (unpaired) electrons. The first-order valence-corrected chi connectivity index (χ1v) is 11.2. The summed E-state index contributed by atoms with van der Waals surface area (Å²) in [5.74, 6) is 1.58. The summed E-state index contributed by atoms with van der Waals surface area (Å²) in [5, 5.41) is 7.91. The molecule has 1 saturated heterocycles. The molecule has 1 aliphatic carbocycles. The Kier molecular flexibility index (Phi) is 5.36. The van der Waals surface area contributed by atoms with Crippen molar-refractivity contribution in [3.8, 4) is 0 Å². The molecule has 0 atom stereocenters. The maximum absolute atomic E-state index is 6.43. The average Bonchev–Trinajstić information content (AvgIpc) is 3.12. The monoisotopic (exact) mass is 418 g/mol. The number of aryl methyl sites for hydroxylation is 2. The van der Waals surface area contributed by atoms with E-state index in [2.05, 4.69) is 69.9 Å². The summed E-state index contributed by atoms with van der Waals surface area (Å²) >= 11 is 6.43. The van der Waals surface area contributed by atoms with Crippen LogP contribution in [0, 0.1) is 12.8 Å². The van der Waals surface area contributed by atoms with Gasteiger partial charge in [-0.2, -0.15) is 0 Å². The van der Waals surface area contributed by atoms with E-state index in [0.29, 0.717) is 5.92 Å². The topological polar surface area (TPSA) is 41.9 Å². The number of benzene rings is 1. The number of allylic oxidation sites excluding steroid dienone is 4. The Morgan fingerprint density at radius 2 is 2.10 bits per heavy atom. The lowest BCUT2D eigenvalue weighted by atomic mass is 9.82. The van der Waals surface area contributed by atoms with E-state index >= 15 is 0 Å². The van der Waals surface area contributed by atoms with E-state index in [1.165, 1.54) is 33.5 Å². The Bertz CT molecular complexity index is 1080. The van der Waals surface area contributed by atoms with Gasteiger partial charge in [-0.3, -0.25) is 0 Å². The van der Waals surface area contributed by atoms with Crippen LogP contribution >= 0.6 is 11.6 Å². The number of halogens is 1. The first-order chi connectivity index (χ1) is 14.7. The lowest BCUT2D eigenvalue weighted by Crippen LogP contribution is -2.30. The van der Waals surface area contributed by atoms with Gasteiger partial charge in [-0.15, -0.1) is 0 Å². The number of rotatable bonds is 4. The van der Waals surface area contributed by atoms with E-state index in [9.17, 15) is 0 Å². The Labute approximate surface area is 183 Å². The minimum absolute atomic E-state index is 0.534. The molecule has 0 amide bonds. The highest BCUT2D eigenvalue weighted by Gasteiger charge is 2.29. The van der Waals surface area contributed by atoms with Crippen molar-refractivity contribution in [1.82, 2.24) is 20.2 Å². The summed E-state index contributed by atoms with van der Waals surface area (Å²) in [4.78, 5) is 4.37. The normalized spacial score (nSPS) is 18.9. The molecule has 0 spiro atoms. The number of hydrogen-bond acceptors (Lipinski definition) is 3. The van der Waals surface area contributed by atoms with Gasteiger partial charge in [-0.05, 0) is 85.7 Å². The molecule has 1 aromatic heterocycles. The van der Waals surface area contributed by atoms with Crippen molar-refractivity contribution in [2.45, 2.75) is 32.7 Å². The molecule has 2 aromatic rings.